The monoisotopic (exact) mass is 363 g/mol. The number of hydrogen-bond donors (Lipinski definition) is 0. The van der Waals surface area contributed by atoms with E-state index in [0.29, 0.717) is 0 Å². The van der Waals surface area contributed by atoms with Gasteiger partial charge in [0.25, 0.3) is 5.91 Å². The molecule has 0 radical (unpaired) electrons. The zero-order valence-electron chi connectivity index (χ0n) is 15.9. The van der Waals surface area contributed by atoms with Crippen LogP contribution in [0.2, 0.25) is 0 Å². The van der Waals surface area contributed by atoms with Crippen molar-refractivity contribution >= 4 is 23.2 Å². The van der Waals surface area contributed by atoms with Gasteiger partial charge in [-0.25, -0.2) is 4.90 Å². The molecule has 0 aromatic heterocycles. The van der Waals surface area contributed by atoms with E-state index in [-0.39, 0.29) is 24.3 Å². The second-order valence-corrected chi connectivity index (χ2v) is 7.44. The summed E-state index contributed by atoms with van der Waals surface area (Å²) < 4.78 is 0. The highest BCUT2D eigenvalue weighted by atomic mass is 16.2. The highest BCUT2D eigenvalue weighted by Gasteiger charge is 2.43. The molecule has 0 unspecified atom stereocenters. The van der Waals surface area contributed by atoms with E-state index in [9.17, 15) is 9.59 Å². The third kappa shape index (κ3) is 3.35. The van der Waals surface area contributed by atoms with E-state index in [4.69, 9.17) is 0 Å². The van der Waals surface area contributed by atoms with Gasteiger partial charge in [0.15, 0.2) is 0 Å². The number of aryl methyl sites for hydroxylation is 2. The Kier molecular flexibility index (Phi) is 4.70. The summed E-state index contributed by atoms with van der Waals surface area (Å²) in [6.45, 7) is 7.28. The van der Waals surface area contributed by atoms with Crippen LogP contribution in [-0.4, -0.2) is 48.9 Å². The third-order valence-corrected chi connectivity index (χ3v) is 5.59. The van der Waals surface area contributed by atoms with Gasteiger partial charge in [0.05, 0.1) is 18.2 Å². The number of carbonyl (C=O) groups excluding carboxylic acids is 2. The van der Waals surface area contributed by atoms with Gasteiger partial charge in [0.2, 0.25) is 5.91 Å². The van der Waals surface area contributed by atoms with Crippen LogP contribution in [0.1, 0.15) is 17.5 Å². The standard InChI is InChI=1S/C22H25N3O2/c1-16-8-9-19(17(2)14-16)25-21(26)15-20(22(25)27)24-12-10-23(11-13-24)18-6-4-3-5-7-18/h3-9,14,20H,10-13,15H2,1-2H3/t20-/m0/s1. The van der Waals surface area contributed by atoms with Crippen LogP contribution in [0.5, 0.6) is 0 Å². The Bertz CT molecular complexity index is 857. The molecule has 2 amide bonds. The molecule has 0 spiro atoms. The van der Waals surface area contributed by atoms with E-state index in [0.717, 1.165) is 43.0 Å². The number of rotatable bonds is 3. The number of amides is 2. The Morgan fingerprint density at radius 1 is 0.889 bits per heavy atom. The van der Waals surface area contributed by atoms with E-state index < -0.39 is 0 Å². The van der Waals surface area contributed by atoms with Gasteiger partial charge < -0.3 is 4.90 Å². The van der Waals surface area contributed by atoms with Gasteiger partial charge in [-0.15, -0.1) is 0 Å². The van der Waals surface area contributed by atoms with Crippen LogP contribution in [0.4, 0.5) is 11.4 Å². The summed E-state index contributed by atoms with van der Waals surface area (Å²) in [7, 11) is 0. The summed E-state index contributed by atoms with van der Waals surface area (Å²) in [6.07, 6.45) is 0.275. The lowest BCUT2D eigenvalue weighted by Gasteiger charge is -2.38. The molecular formula is C22H25N3O2. The SMILES string of the molecule is Cc1ccc(N2C(=O)C[C@H](N3CCN(c4ccccc4)CC3)C2=O)c(C)c1. The highest BCUT2D eigenvalue weighted by molar-refractivity contribution is 6.22. The molecule has 0 N–H and O–H groups in total. The van der Waals surface area contributed by atoms with Gasteiger partial charge in [-0.2, -0.15) is 0 Å². The molecular weight excluding hydrogens is 338 g/mol. The maximum atomic E-state index is 13.1. The van der Waals surface area contributed by atoms with Crippen molar-refractivity contribution in [2.24, 2.45) is 0 Å². The molecule has 5 heteroatoms. The molecule has 0 saturated carbocycles. The van der Waals surface area contributed by atoms with Crippen molar-refractivity contribution in [3.63, 3.8) is 0 Å². The maximum Gasteiger partial charge on any atom is 0.251 e. The molecule has 5 nitrogen and oxygen atoms in total. The van der Waals surface area contributed by atoms with Crippen molar-refractivity contribution in [1.29, 1.82) is 0 Å². The number of nitrogens with zero attached hydrogens (tertiary/aromatic N) is 3. The van der Waals surface area contributed by atoms with Gasteiger partial charge in [-0.3, -0.25) is 14.5 Å². The normalized spacial score (nSPS) is 21.2. The van der Waals surface area contributed by atoms with Crippen LogP contribution in [0.15, 0.2) is 48.5 Å². The van der Waals surface area contributed by atoms with Crippen molar-refractivity contribution in [1.82, 2.24) is 4.90 Å². The van der Waals surface area contributed by atoms with Crippen LogP contribution in [-0.2, 0) is 9.59 Å². The van der Waals surface area contributed by atoms with Crippen molar-refractivity contribution in [2.75, 3.05) is 36.0 Å². The number of anilines is 2. The highest BCUT2D eigenvalue weighted by Crippen LogP contribution is 2.29. The van der Waals surface area contributed by atoms with E-state index in [1.54, 1.807) is 0 Å². The van der Waals surface area contributed by atoms with E-state index in [1.165, 1.54) is 10.6 Å². The maximum absolute atomic E-state index is 13.1. The molecule has 2 aromatic rings. The number of para-hydroxylation sites is 1. The summed E-state index contributed by atoms with van der Waals surface area (Å²) >= 11 is 0. The summed E-state index contributed by atoms with van der Waals surface area (Å²) in [5.41, 5.74) is 4.03. The Balaban J connectivity index is 1.46. The lowest BCUT2D eigenvalue weighted by atomic mass is 10.1. The van der Waals surface area contributed by atoms with Crippen molar-refractivity contribution in [3.8, 4) is 0 Å². The fraction of sp³-hybridized carbons (Fsp3) is 0.364. The number of imide groups is 1. The quantitative estimate of drug-likeness (QED) is 0.787. The molecule has 4 rings (SSSR count). The fourth-order valence-electron chi connectivity index (χ4n) is 4.14. The molecule has 2 aliphatic rings. The summed E-state index contributed by atoms with van der Waals surface area (Å²) in [6, 6.07) is 15.8. The van der Waals surface area contributed by atoms with Crippen LogP contribution >= 0.6 is 0 Å². The molecule has 2 fully saturated rings. The summed E-state index contributed by atoms with van der Waals surface area (Å²) in [5, 5.41) is 0. The van der Waals surface area contributed by atoms with Crippen LogP contribution < -0.4 is 9.80 Å². The Morgan fingerprint density at radius 2 is 1.59 bits per heavy atom. The van der Waals surface area contributed by atoms with Gasteiger partial charge in [-0.1, -0.05) is 35.9 Å². The predicted molar refractivity (Wildman–Crippen MR) is 107 cm³/mol. The minimum atomic E-state index is -0.337. The first-order valence-electron chi connectivity index (χ1n) is 9.52. The van der Waals surface area contributed by atoms with Gasteiger partial charge in [-0.05, 0) is 37.6 Å². The molecule has 2 aromatic carbocycles. The largest absolute Gasteiger partial charge is 0.369 e. The molecule has 2 aliphatic heterocycles. The lowest BCUT2D eigenvalue weighted by molar-refractivity contribution is -0.123. The minimum Gasteiger partial charge on any atom is -0.369 e. The number of carbonyl (C=O) groups is 2. The van der Waals surface area contributed by atoms with Gasteiger partial charge in [0, 0.05) is 31.9 Å². The summed E-state index contributed by atoms with van der Waals surface area (Å²) in [5.74, 6) is -0.178. The Hall–Kier alpha value is -2.66. The first kappa shape index (κ1) is 17.7. The third-order valence-electron chi connectivity index (χ3n) is 5.59. The van der Waals surface area contributed by atoms with Gasteiger partial charge in [0.1, 0.15) is 0 Å². The first-order chi connectivity index (χ1) is 13.0. The zero-order chi connectivity index (χ0) is 19.0. The van der Waals surface area contributed by atoms with Crippen molar-refractivity contribution in [3.05, 3.63) is 59.7 Å². The smallest absolute Gasteiger partial charge is 0.251 e. The minimum absolute atomic E-state index is 0.0832. The second kappa shape index (κ2) is 7.16. The van der Waals surface area contributed by atoms with Crippen LogP contribution in [0.3, 0.4) is 0 Å². The predicted octanol–water partition coefficient (Wildman–Crippen LogP) is 2.76. The number of piperazine rings is 1. The van der Waals surface area contributed by atoms with Crippen LogP contribution in [0.25, 0.3) is 0 Å². The average molecular weight is 363 g/mol. The molecule has 2 heterocycles. The molecule has 2 saturated heterocycles. The molecule has 0 aliphatic carbocycles. The Morgan fingerprint density at radius 3 is 2.26 bits per heavy atom. The molecule has 140 valence electrons. The van der Waals surface area contributed by atoms with E-state index in [2.05, 4.69) is 21.9 Å². The average Bonchev–Trinajstić information content (AvgIpc) is 2.97. The fourth-order valence-corrected chi connectivity index (χ4v) is 4.14. The van der Waals surface area contributed by atoms with Crippen LogP contribution in [0, 0.1) is 13.8 Å². The molecule has 27 heavy (non-hydrogen) atoms. The number of hydrogen-bond acceptors (Lipinski definition) is 4. The number of benzene rings is 2. The van der Waals surface area contributed by atoms with E-state index in [1.807, 2.05) is 50.2 Å². The topological polar surface area (TPSA) is 43.9 Å². The van der Waals surface area contributed by atoms with Crippen molar-refractivity contribution in [2.45, 2.75) is 26.3 Å². The zero-order valence-corrected chi connectivity index (χ0v) is 15.9. The molecule has 0 bridgehead atoms. The second-order valence-electron chi connectivity index (χ2n) is 7.44. The molecule has 1 atom stereocenters. The Labute approximate surface area is 160 Å². The van der Waals surface area contributed by atoms with Gasteiger partial charge >= 0.3 is 0 Å². The first-order valence-corrected chi connectivity index (χ1v) is 9.52. The van der Waals surface area contributed by atoms with Crippen molar-refractivity contribution < 1.29 is 9.59 Å². The van der Waals surface area contributed by atoms with E-state index >= 15 is 0 Å². The summed E-state index contributed by atoms with van der Waals surface area (Å²) in [4.78, 5) is 31.6. The lowest BCUT2D eigenvalue weighted by Crippen LogP contribution is -2.52.